The van der Waals surface area contributed by atoms with Crippen LogP contribution >= 0.6 is 15.9 Å². The van der Waals surface area contributed by atoms with Crippen molar-refractivity contribution in [1.82, 2.24) is 0 Å². The van der Waals surface area contributed by atoms with Crippen LogP contribution in [0.3, 0.4) is 0 Å². The first-order valence-electron chi connectivity index (χ1n) is 5.74. The average molecular weight is 299 g/mol. The number of Topliss-reactive ketones (excluding diaryl/α,β-unsaturated/α-hetero) is 1. The highest BCUT2D eigenvalue weighted by molar-refractivity contribution is 9.10. The van der Waals surface area contributed by atoms with Gasteiger partial charge in [-0.15, -0.1) is 6.58 Å². The lowest BCUT2D eigenvalue weighted by molar-refractivity contribution is 0.0975. The van der Waals surface area contributed by atoms with Gasteiger partial charge < -0.3 is 0 Å². The molecule has 0 aliphatic rings. The molecule has 1 rings (SSSR count). The summed E-state index contributed by atoms with van der Waals surface area (Å²) >= 11 is 3.24. The summed E-state index contributed by atoms with van der Waals surface area (Å²) in [7, 11) is 0. The monoisotopic (exact) mass is 298 g/mol. The molecule has 0 atom stereocenters. The lowest BCUT2D eigenvalue weighted by Crippen LogP contribution is -2.02. The van der Waals surface area contributed by atoms with Crippen LogP contribution < -0.4 is 0 Å². The van der Waals surface area contributed by atoms with Gasteiger partial charge in [0.1, 0.15) is 5.82 Å². The van der Waals surface area contributed by atoms with Crippen LogP contribution in [0, 0.1) is 5.82 Å². The Kier molecular flexibility index (Phi) is 6.12. The topological polar surface area (TPSA) is 17.1 Å². The van der Waals surface area contributed by atoms with Gasteiger partial charge in [-0.2, -0.15) is 0 Å². The van der Waals surface area contributed by atoms with Crippen LogP contribution in [0.15, 0.2) is 35.3 Å². The summed E-state index contributed by atoms with van der Waals surface area (Å²) in [6, 6.07) is 4.45. The van der Waals surface area contributed by atoms with Crippen LogP contribution in [0.4, 0.5) is 4.39 Å². The fourth-order valence-corrected chi connectivity index (χ4v) is 1.96. The number of benzene rings is 1. The van der Waals surface area contributed by atoms with Crippen molar-refractivity contribution in [3.63, 3.8) is 0 Å². The van der Waals surface area contributed by atoms with Crippen LogP contribution in [0.5, 0.6) is 0 Å². The number of ketones is 1. The SMILES string of the molecule is C=CCCCCCC(=O)c1cc(Br)ccc1F. The first-order valence-corrected chi connectivity index (χ1v) is 6.53. The molecular formula is C14H16BrFO. The Bertz CT molecular complexity index is 401. The molecule has 1 nitrogen and oxygen atoms in total. The Morgan fingerprint density at radius 3 is 2.82 bits per heavy atom. The highest BCUT2D eigenvalue weighted by Crippen LogP contribution is 2.18. The maximum atomic E-state index is 13.4. The van der Waals surface area contributed by atoms with Crippen molar-refractivity contribution in [3.05, 3.63) is 46.7 Å². The van der Waals surface area contributed by atoms with Crippen molar-refractivity contribution >= 4 is 21.7 Å². The quantitative estimate of drug-likeness (QED) is 0.397. The molecule has 0 saturated carbocycles. The second-order valence-electron chi connectivity index (χ2n) is 3.94. The number of carbonyl (C=O) groups excluding carboxylic acids is 1. The van der Waals surface area contributed by atoms with Gasteiger partial charge in [0, 0.05) is 10.9 Å². The van der Waals surface area contributed by atoms with Gasteiger partial charge in [-0.05, 0) is 37.5 Å². The summed E-state index contributed by atoms with van der Waals surface area (Å²) in [6.07, 6.45) is 6.07. The molecule has 1 aromatic rings. The molecule has 3 heteroatoms. The van der Waals surface area contributed by atoms with E-state index in [0.29, 0.717) is 6.42 Å². The molecule has 0 aliphatic heterocycles. The summed E-state index contributed by atoms with van der Waals surface area (Å²) in [5, 5.41) is 0. The molecule has 0 bridgehead atoms. The standard InChI is InChI=1S/C14H16BrFO/c1-2-3-4-5-6-7-14(17)12-10-11(15)8-9-13(12)16/h2,8-10H,1,3-7H2. The van der Waals surface area contributed by atoms with Gasteiger partial charge in [0.15, 0.2) is 5.78 Å². The Balaban J connectivity index is 2.46. The Morgan fingerprint density at radius 2 is 2.12 bits per heavy atom. The van der Waals surface area contributed by atoms with Crippen molar-refractivity contribution < 1.29 is 9.18 Å². The normalized spacial score (nSPS) is 10.2. The van der Waals surface area contributed by atoms with Gasteiger partial charge in [0.05, 0.1) is 5.56 Å². The zero-order valence-corrected chi connectivity index (χ0v) is 11.3. The summed E-state index contributed by atoms with van der Waals surface area (Å²) in [6.45, 7) is 3.64. The second-order valence-corrected chi connectivity index (χ2v) is 4.85. The van der Waals surface area contributed by atoms with Crippen molar-refractivity contribution in [1.29, 1.82) is 0 Å². The minimum absolute atomic E-state index is 0.123. The molecule has 17 heavy (non-hydrogen) atoms. The molecule has 1 aromatic carbocycles. The molecule has 92 valence electrons. The van der Waals surface area contributed by atoms with Gasteiger partial charge in [-0.3, -0.25) is 4.79 Å². The smallest absolute Gasteiger partial charge is 0.165 e. The predicted molar refractivity (Wildman–Crippen MR) is 71.7 cm³/mol. The van der Waals surface area contributed by atoms with E-state index in [9.17, 15) is 9.18 Å². The zero-order chi connectivity index (χ0) is 12.7. The molecule has 0 spiro atoms. The van der Waals surface area contributed by atoms with E-state index in [0.717, 1.165) is 30.2 Å². The van der Waals surface area contributed by atoms with Crippen LogP contribution in [0.25, 0.3) is 0 Å². The third-order valence-electron chi connectivity index (χ3n) is 2.54. The molecule has 0 aromatic heterocycles. The van der Waals surface area contributed by atoms with Crippen LogP contribution in [-0.2, 0) is 0 Å². The zero-order valence-electron chi connectivity index (χ0n) is 9.72. The number of hydrogen-bond donors (Lipinski definition) is 0. The molecule has 0 N–H and O–H groups in total. The fourth-order valence-electron chi connectivity index (χ4n) is 1.60. The summed E-state index contributed by atoms with van der Waals surface area (Å²) in [5.41, 5.74) is 0.183. The lowest BCUT2D eigenvalue weighted by Gasteiger charge is -2.03. The third kappa shape index (κ3) is 4.82. The van der Waals surface area contributed by atoms with Crippen molar-refractivity contribution in [2.24, 2.45) is 0 Å². The average Bonchev–Trinajstić information content (AvgIpc) is 2.32. The van der Waals surface area contributed by atoms with E-state index in [2.05, 4.69) is 22.5 Å². The Hall–Kier alpha value is -0.960. The van der Waals surface area contributed by atoms with E-state index < -0.39 is 5.82 Å². The van der Waals surface area contributed by atoms with E-state index in [-0.39, 0.29) is 11.3 Å². The molecule has 0 saturated heterocycles. The highest BCUT2D eigenvalue weighted by atomic mass is 79.9. The number of rotatable bonds is 7. The molecule has 0 radical (unpaired) electrons. The maximum absolute atomic E-state index is 13.4. The summed E-state index contributed by atoms with van der Waals surface area (Å²) in [5.74, 6) is -0.563. The van der Waals surface area contributed by atoms with E-state index >= 15 is 0 Å². The van der Waals surface area contributed by atoms with E-state index in [1.165, 1.54) is 6.07 Å². The molecule has 0 fully saturated rings. The summed E-state index contributed by atoms with van der Waals surface area (Å²) < 4.78 is 14.1. The largest absolute Gasteiger partial charge is 0.294 e. The highest BCUT2D eigenvalue weighted by Gasteiger charge is 2.11. The molecule has 0 unspecified atom stereocenters. The van der Waals surface area contributed by atoms with Gasteiger partial charge in [0.25, 0.3) is 0 Å². The maximum Gasteiger partial charge on any atom is 0.165 e. The van der Waals surface area contributed by atoms with Crippen molar-refractivity contribution in [3.8, 4) is 0 Å². The second kappa shape index (κ2) is 7.38. The summed E-state index contributed by atoms with van der Waals surface area (Å²) in [4.78, 5) is 11.8. The van der Waals surface area contributed by atoms with Crippen LogP contribution in [0.2, 0.25) is 0 Å². The minimum atomic E-state index is -0.440. The first-order chi connectivity index (χ1) is 8.15. The predicted octanol–water partition coefficient (Wildman–Crippen LogP) is 4.91. The third-order valence-corrected chi connectivity index (χ3v) is 3.03. The number of allylic oxidation sites excluding steroid dienone is 1. The fraction of sp³-hybridized carbons (Fsp3) is 0.357. The van der Waals surface area contributed by atoms with E-state index in [1.54, 1.807) is 12.1 Å². The van der Waals surface area contributed by atoms with Gasteiger partial charge >= 0.3 is 0 Å². The molecular weight excluding hydrogens is 283 g/mol. The Labute approximate surface area is 110 Å². The number of hydrogen-bond acceptors (Lipinski definition) is 1. The number of unbranched alkanes of at least 4 members (excludes halogenated alkanes) is 3. The van der Waals surface area contributed by atoms with Crippen LogP contribution in [0.1, 0.15) is 42.5 Å². The van der Waals surface area contributed by atoms with E-state index in [4.69, 9.17) is 0 Å². The van der Waals surface area contributed by atoms with E-state index in [1.807, 2.05) is 6.08 Å². The molecule has 0 amide bonds. The molecule has 0 heterocycles. The molecule has 0 aliphatic carbocycles. The number of halogens is 2. The van der Waals surface area contributed by atoms with Gasteiger partial charge in [-0.1, -0.05) is 28.4 Å². The van der Waals surface area contributed by atoms with Gasteiger partial charge in [-0.25, -0.2) is 4.39 Å². The first kappa shape index (κ1) is 14.1. The van der Waals surface area contributed by atoms with Crippen molar-refractivity contribution in [2.45, 2.75) is 32.1 Å². The van der Waals surface area contributed by atoms with Crippen LogP contribution in [-0.4, -0.2) is 5.78 Å². The van der Waals surface area contributed by atoms with Crippen molar-refractivity contribution in [2.75, 3.05) is 0 Å². The minimum Gasteiger partial charge on any atom is -0.294 e. The lowest BCUT2D eigenvalue weighted by atomic mass is 10.0. The van der Waals surface area contributed by atoms with Gasteiger partial charge in [0.2, 0.25) is 0 Å². The Morgan fingerprint density at radius 1 is 1.35 bits per heavy atom. The number of carbonyl (C=O) groups is 1.